The molecule has 0 spiro atoms. The first-order chi connectivity index (χ1) is 8.72. The van der Waals surface area contributed by atoms with Crippen molar-refractivity contribution in [2.75, 3.05) is 5.75 Å². The molecule has 0 aliphatic rings. The first kappa shape index (κ1) is 12.6. The van der Waals surface area contributed by atoms with Gasteiger partial charge in [-0.15, -0.1) is 11.8 Å². The maximum Gasteiger partial charge on any atom is 0.339 e. The van der Waals surface area contributed by atoms with Gasteiger partial charge in [0.25, 0.3) is 0 Å². The van der Waals surface area contributed by atoms with Gasteiger partial charge in [-0.1, -0.05) is 19.1 Å². The molecule has 0 aliphatic carbocycles. The summed E-state index contributed by atoms with van der Waals surface area (Å²) in [6, 6.07) is 7.70. The third-order valence-corrected chi connectivity index (χ3v) is 3.28. The molecule has 5 heteroatoms. The van der Waals surface area contributed by atoms with Crippen LogP contribution in [0.2, 0.25) is 0 Å². The topological polar surface area (TPSA) is 63.1 Å². The van der Waals surface area contributed by atoms with Crippen LogP contribution in [0, 0.1) is 0 Å². The van der Waals surface area contributed by atoms with Crippen molar-refractivity contribution in [3.8, 4) is 11.3 Å². The van der Waals surface area contributed by atoms with E-state index in [9.17, 15) is 4.79 Å². The van der Waals surface area contributed by atoms with Gasteiger partial charge in [-0.3, -0.25) is 0 Å². The number of carboxylic acids is 1. The van der Waals surface area contributed by atoms with Crippen LogP contribution in [-0.4, -0.2) is 26.8 Å². The Kier molecular flexibility index (Phi) is 3.94. The highest BCUT2D eigenvalue weighted by molar-refractivity contribution is 7.99. The van der Waals surface area contributed by atoms with Gasteiger partial charge in [0.1, 0.15) is 11.9 Å². The number of hydrogen-bond acceptors (Lipinski definition) is 4. The first-order valence-corrected chi connectivity index (χ1v) is 6.47. The van der Waals surface area contributed by atoms with Crippen LogP contribution in [-0.2, 0) is 0 Å². The summed E-state index contributed by atoms with van der Waals surface area (Å²) in [6.07, 6.45) is 2.68. The molecule has 0 atom stereocenters. The second-order valence-corrected chi connectivity index (χ2v) is 4.88. The molecule has 0 unspecified atom stereocenters. The van der Waals surface area contributed by atoms with Crippen LogP contribution in [0.5, 0.6) is 0 Å². The van der Waals surface area contributed by atoms with Gasteiger partial charge in [0.15, 0.2) is 0 Å². The molecule has 0 fully saturated rings. The van der Waals surface area contributed by atoms with Crippen molar-refractivity contribution in [3.05, 3.63) is 42.4 Å². The van der Waals surface area contributed by atoms with Crippen molar-refractivity contribution in [1.82, 2.24) is 9.97 Å². The fraction of sp³-hybridized carbons (Fsp3) is 0.154. The van der Waals surface area contributed by atoms with Crippen LogP contribution in [0.25, 0.3) is 11.3 Å². The Morgan fingerprint density at radius 1 is 1.33 bits per heavy atom. The third-order valence-electron chi connectivity index (χ3n) is 2.38. The van der Waals surface area contributed by atoms with Gasteiger partial charge in [0.05, 0.1) is 5.69 Å². The normalized spacial score (nSPS) is 10.3. The largest absolute Gasteiger partial charge is 0.478 e. The van der Waals surface area contributed by atoms with E-state index >= 15 is 0 Å². The van der Waals surface area contributed by atoms with Crippen LogP contribution in [0.3, 0.4) is 0 Å². The molecule has 1 aromatic carbocycles. The summed E-state index contributed by atoms with van der Waals surface area (Å²) in [6.45, 7) is 2.09. The number of benzene rings is 1. The molecule has 0 amide bonds. The average Bonchev–Trinajstić information content (AvgIpc) is 2.40. The molecular weight excluding hydrogens is 248 g/mol. The molecule has 0 saturated carbocycles. The molecule has 0 radical (unpaired) electrons. The Bertz CT molecular complexity index is 555. The highest BCUT2D eigenvalue weighted by Crippen LogP contribution is 2.24. The number of carboxylic acid groups (broad SMARTS) is 1. The summed E-state index contributed by atoms with van der Waals surface area (Å²) in [4.78, 5) is 20.0. The van der Waals surface area contributed by atoms with Crippen molar-refractivity contribution in [3.63, 3.8) is 0 Å². The molecule has 2 aromatic rings. The minimum Gasteiger partial charge on any atom is -0.478 e. The first-order valence-electron chi connectivity index (χ1n) is 5.49. The van der Waals surface area contributed by atoms with Crippen molar-refractivity contribution in [2.24, 2.45) is 0 Å². The minimum absolute atomic E-state index is 0.119. The van der Waals surface area contributed by atoms with Crippen molar-refractivity contribution in [2.45, 2.75) is 11.8 Å². The molecule has 18 heavy (non-hydrogen) atoms. The molecule has 0 aliphatic heterocycles. The fourth-order valence-electron chi connectivity index (χ4n) is 1.59. The smallest absolute Gasteiger partial charge is 0.339 e. The third kappa shape index (κ3) is 2.68. The van der Waals surface area contributed by atoms with E-state index in [0.29, 0.717) is 5.69 Å². The van der Waals surface area contributed by atoms with Crippen LogP contribution < -0.4 is 0 Å². The zero-order chi connectivity index (χ0) is 13.0. The molecule has 2 rings (SSSR count). The number of aromatic carboxylic acids is 1. The van der Waals surface area contributed by atoms with E-state index in [4.69, 9.17) is 5.11 Å². The van der Waals surface area contributed by atoms with E-state index in [2.05, 4.69) is 16.9 Å². The number of thioether (sulfide) groups is 1. The van der Waals surface area contributed by atoms with Crippen molar-refractivity contribution in [1.29, 1.82) is 0 Å². The Balaban J connectivity index is 2.39. The second kappa shape index (κ2) is 5.64. The SMILES string of the molecule is CCSc1ccc(-c2ncncc2C(=O)O)cc1. The summed E-state index contributed by atoms with van der Waals surface area (Å²) in [5.74, 6) is -0.00893. The van der Waals surface area contributed by atoms with Gasteiger partial charge in [0.2, 0.25) is 0 Å². The molecule has 1 aromatic heterocycles. The van der Waals surface area contributed by atoms with Crippen molar-refractivity contribution >= 4 is 17.7 Å². The van der Waals surface area contributed by atoms with Gasteiger partial charge in [0, 0.05) is 16.7 Å². The van der Waals surface area contributed by atoms with Crippen molar-refractivity contribution < 1.29 is 9.90 Å². The lowest BCUT2D eigenvalue weighted by Crippen LogP contribution is -2.02. The van der Waals surface area contributed by atoms with Gasteiger partial charge in [-0.05, 0) is 17.9 Å². The Hall–Kier alpha value is -1.88. The summed E-state index contributed by atoms with van der Waals surface area (Å²) in [5, 5.41) is 9.08. The van der Waals surface area contributed by atoms with Gasteiger partial charge < -0.3 is 5.11 Å². The maximum absolute atomic E-state index is 11.1. The molecule has 4 nitrogen and oxygen atoms in total. The lowest BCUT2D eigenvalue weighted by molar-refractivity contribution is 0.0697. The highest BCUT2D eigenvalue weighted by atomic mass is 32.2. The van der Waals surface area contributed by atoms with Crippen LogP contribution in [0.4, 0.5) is 0 Å². The van der Waals surface area contributed by atoms with E-state index in [1.165, 1.54) is 12.5 Å². The van der Waals surface area contributed by atoms with Crippen LogP contribution in [0.15, 0.2) is 41.7 Å². The monoisotopic (exact) mass is 260 g/mol. The summed E-state index contributed by atoms with van der Waals surface area (Å²) in [5.41, 5.74) is 1.36. The predicted octanol–water partition coefficient (Wildman–Crippen LogP) is 2.95. The Morgan fingerprint density at radius 2 is 2.06 bits per heavy atom. The zero-order valence-electron chi connectivity index (χ0n) is 9.83. The van der Waals surface area contributed by atoms with Gasteiger partial charge >= 0.3 is 5.97 Å². The van der Waals surface area contributed by atoms with E-state index in [1.807, 2.05) is 24.3 Å². The molecule has 0 saturated heterocycles. The molecule has 92 valence electrons. The van der Waals surface area contributed by atoms with Gasteiger partial charge in [-0.2, -0.15) is 0 Å². The standard InChI is InChI=1S/C13H12N2O2S/c1-2-18-10-5-3-9(4-6-10)12-11(13(16)17)7-14-8-15-12/h3-8H,2H2,1H3,(H,16,17). The summed E-state index contributed by atoms with van der Waals surface area (Å²) in [7, 11) is 0. The fourth-order valence-corrected chi connectivity index (χ4v) is 2.25. The molecular formula is C13H12N2O2S. The number of carbonyl (C=O) groups is 1. The average molecular weight is 260 g/mol. The molecule has 0 bridgehead atoms. The quantitative estimate of drug-likeness (QED) is 0.856. The summed E-state index contributed by atoms with van der Waals surface area (Å²) >= 11 is 1.74. The van der Waals surface area contributed by atoms with E-state index in [0.717, 1.165) is 16.2 Å². The Labute approximate surface area is 109 Å². The lowest BCUT2D eigenvalue weighted by Gasteiger charge is -2.05. The number of nitrogens with zero attached hydrogens (tertiary/aromatic N) is 2. The summed E-state index contributed by atoms with van der Waals surface area (Å²) < 4.78 is 0. The number of rotatable bonds is 4. The predicted molar refractivity (Wildman–Crippen MR) is 70.8 cm³/mol. The van der Waals surface area contributed by atoms with E-state index < -0.39 is 5.97 Å². The lowest BCUT2D eigenvalue weighted by atomic mass is 10.1. The van der Waals surface area contributed by atoms with E-state index in [1.54, 1.807) is 11.8 Å². The second-order valence-electron chi connectivity index (χ2n) is 3.55. The zero-order valence-corrected chi connectivity index (χ0v) is 10.6. The number of hydrogen-bond donors (Lipinski definition) is 1. The van der Waals surface area contributed by atoms with Gasteiger partial charge in [-0.25, -0.2) is 14.8 Å². The molecule has 1 N–H and O–H groups in total. The van der Waals surface area contributed by atoms with Crippen LogP contribution >= 0.6 is 11.8 Å². The maximum atomic E-state index is 11.1. The Morgan fingerprint density at radius 3 is 2.67 bits per heavy atom. The van der Waals surface area contributed by atoms with Crippen LogP contribution in [0.1, 0.15) is 17.3 Å². The van der Waals surface area contributed by atoms with E-state index in [-0.39, 0.29) is 5.56 Å². The number of aromatic nitrogens is 2. The highest BCUT2D eigenvalue weighted by Gasteiger charge is 2.12. The minimum atomic E-state index is -1.02. The molecule has 1 heterocycles.